The van der Waals surface area contributed by atoms with Crippen molar-refractivity contribution in [1.29, 1.82) is 0 Å². The number of nitrogens with zero attached hydrogens (tertiary/aromatic N) is 1. The van der Waals surface area contributed by atoms with E-state index in [-0.39, 0.29) is 12.2 Å². The molecule has 1 unspecified atom stereocenters. The summed E-state index contributed by atoms with van der Waals surface area (Å²) in [6, 6.07) is 9.33. The third kappa shape index (κ3) is 4.83. The molecule has 2 aromatic rings. The van der Waals surface area contributed by atoms with Crippen LogP contribution >= 0.6 is 11.6 Å². The molecule has 1 amide bonds. The smallest absolute Gasteiger partial charge is 0.325 e. The molecule has 1 aliphatic rings. The van der Waals surface area contributed by atoms with E-state index in [0.29, 0.717) is 36.5 Å². The number of amides is 1. The van der Waals surface area contributed by atoms with Crippen LogP contribution in [0.1, 0.15) is 24.0 Å². The van der Waals surface area contributed by atoms with E-state index in [2.05, 4.69) is 5.32 Å². The molecular weight excluding hydrogens is 396 g/mol. The summed E-state index contributed by atoms with van der Waals surface area (Å²) in [7, 11) is 0. The number of likely N-dealkylation sites (tertiary alicyclic amines) is 1. The van der Waals surface area contributed by atoms with E-state index in [0.717, 1.165) is 6.07 Å². The molecule has 1 saturated heterocycles. The van der Waals surface area contributed by atoms with Gasteiger partial charge in [-0.1, -0.05) is 29.8 Å². The SMILES string of the molecule is O=C(Nc1ccccc1C(F)(F)F)C1CCCN(Cc2c(F)cccc2Cl)C1. The number of piperidine rings is 1. The molecule has 3 nitrogen and oxygen atoms in total. The topological polar surface area (TPSA) is 32.3 Å². The van der Waals surface area contributed by atoms with Crippen LogP contribution in [0.15, 0.2) is 42.5 Å². The number of benzene rings is 2. The molecule has 0 radical (unpaired) electrons. The summed E-state index contributed by atoms with van der Waals surface area (Å²) in [5.41, 5.74) is -0.781. The van der Waals surface area contributed by atoms with Crippen molar-refractivity contribution in [2.24, 2.45) is 5.92 Å². The number of para-hydroxylation sites is 1. The van der Waals surface area contributed by atoms with Gasteiger partial charge >= 0.3 is 6.18 Å². The molecule has 0 saturated carbocycles. The largest absolute Gasteiger partial charge is 0.418 e. The number of halogens is 5. The molecule has 8 heteroatoms. The lowest BCUT2D eigenvalue weighted by atomic mass is 9.96. The fourth-order valence-electron chi connectivity index (χ4n) is 3.39. The van der Waals surface area contributed by atoms with Gasteiger partial charge in [-0.15, -0.1) is 0 Å². The first-order chi connectivity index (χ1) is 13.3. The number of alkyl halides is 3. The van der Waals surface area contributed by atoms with Crippen molar-refractivity contribution >= 4 is 23.2 Å². The monoisotopic (exact) mass is 414 g/mol. The second-order valence-electron chi connectivity index (χ2n) is 6.81. The minimum Gasteiger partial charge on any atom is -0.325 e. The Morgan fingerprint density at radius 1 is 1.18 bits per heavy atom. The van der Waals surface area contributed by atoms with E-state index in [4.69, 9.17) is 11.6 Å². The fourth-order valence-corrected chi connectivity index (χ4v) is 3.62. The van der Waals surface area contributed by atoms with Gasteiger partial charge in [0.05, 0.1) is 17.2 Å². The average Bonchev–Trinajstić information content (AvgIpc) is 2.65. The summed E-state index contributed by atoms with van der Waals surface area (Å²) < 4.78 is 53.3. The number of anilines is 1. The van der Waals surface area contributed by atoms with Gasteiger partial charge in [-0.05, 0) is 43.7 Å². The normalized spacial score (nSPS) is 18.1. The highest BCUT2D eigenvalue weighted by Crippen LogP contribution is 2.35. The van der Waals surface area contributed by atoms with Crippen LogP contribution in [0.4, 0.5) is 23.2 Å². The summed E-state index contributed by atoms with van der Waals surface area (Å²) in [5, 5.41) is 2.72. The van der Waals surface area contributed by atoms with Crippen molar-refractivity contribution in [3.8, 4) is 0 Å². The van der Waals surface area contributed by atoms with Gasteiger partial charge in [-0.25, -0.2) is 4.39 Å². The summed E-state index contributed by atoms with van der Waals surface area (Å²) in [5.74, 6) is -1.38. The lowest BCUT2D eigenvalue weighted by molar-refractivity contribution is -0.137. The predicted octanol–water partition coefficient (Wildman–Crippen LogP) is 5.35. The number of carbonyl (C=O) groups excluding carboxylic acids is 1. The molecule has 1 atom stereocenters. The minimum atomic E-state index is -4.55. The highest BCUT2D eigenvalue weighted by atomic mass is 35.5. The van der Waals surface area contributed by atoms with E-state index in [9.17, 15) is 22.4 Å². The zero-order chi connectivity index (χ0) is 20.3. The number of hydrogen-bond donors (Lipinski definition) is 1. The summed E-state index contributed by atoms with van der Waals surface area (Å²) in [6.07, 6.45) is -3.31. The van der Waals surface area contributed by atoms with Gasteiger partial charge in [0.1, 0.15) is 5.82 Å². The lowest BCUT2D eigenvalue weighted by Crippen LogP contribution is -2.40. The van der Waals surface area contributed by atoms with E-state index in [1.165, 1.54) is 30.3 Å². The second-order valence-corrected chi connectivity index (χ2v) is 7.21. The van der Waals surface area contributed by atoms with Crippen molar-refractivity contribution in [3.63, 3.8) is 0 Å². The van der Waals surface area contributed by atoms with Crippen LogP contribution in [0.25, 0.3) is 0 Å². The quantitative estimate of drug-likeness (QED) is 0.684. The van der Waals surface area contributed by atoms with Crippen LogP contribution in [0, 0.1) is 11.7 Å². The number of nitrogens with one attached hydrogen (secondary N) is 1. The van der Waals surface area contributed by atoms with E-state index >= 15 is 0 Å². The van der Waals surface area contributed by atoms with Crippen LogP contribution in [0.3, 0.4) is 0 Å². The van der Waals surface area contributed by atoms with Gasteiger partial charge in [-0.3, -0.25) is 9.69 Å². The molecule has 1 aliphatic heterocycles. The highest BCUT2D eigenvalue weighted by molar-refractivity contribution is 6.31. The van der Waals surface area contributed by atoms with Gasteiger partial charge in [0, 0.05) is 23.7 Å². The molecule has 150 valence electrons. The maximum Gasteiger partial charge on any atom is 0.418 e. The van der Waals surface area contributed by atoms with Gasteiger partial charge in [-0.2, -0.15) is 13.2 Å². The van der Waals surface area contributed by atoms with Crippen LogP contribution in [0.5, 0.6) is 0 Å². The first-order valence-electron chi connectivity index (χ1n) is 8.88. The zero-order valence-corrected chi connectivity index (χ0v) is 15.7. The highest BCUT2D eigenvalue weighted by Gasteiger charge is 2.34. The number of hydrogen-bond acceptors (Lipinski definition) is 2. The Morgan fingerprint density at radius 3 is 2.64 bits per heavy atom. The van der Waals surface area contributed by atoms with Crippen molar-refractivity contribution in [2.45, 2.75) is 25.6 Å². The van der Waals surface area contributed by atoms with Crippen LogP contribution in [-0.2, 0) is 17.5 Å². The molecule has 0 spiro atoms. The second kappa shape index (κ2) is 8.49. The Bertz CT molecular complexity index is 836. The van der Waals surface area contributed by atoms with E-state index < -0.39 is 29.4 Å². The summed E-state index contributed by atoms with van der Waals surface area (Å²) in [6.45, 7) is 1.23. The summed E-state index contributed by atoms with van der Waals surface area (Å²) in [4.78, 5) is 14.5. The van der Waals surface area contributed by atoms with Crippen molar-refractivity contribution in [1.82, 2.24) is 4.90 Å². The molecule has 0 aromatic heterocycles. The molecule has 3 rings (SSSR count). The molecule has 28 heavy (non-hydrogen) atoms. The Labute approximate surface area is 165 Å². The van der Waals surface area contributed by atoms with E-state index in [1.807, 2.05) is 4.90 Å². The Morgan fingerprint density at radius 2 is 1.93 bits per heavy atom. The Kier molecular flexibility index (Phi) is 6.25. The first kappa shape index (κ1) is 20.6. The lowest BCUT2D eigenvalue weighted by Gasteiger charge is -2.32. The van der Waals surface area contributed by atoms with Crippen molar-refractivity contribution in [3.05, 3.63) is 64.4 Å². The van der Waals surface area contributed by atoms with Gasteiger partial charge < -0.3 is 5.32 Å². The summed E-state index contributed by atoms with van der Waals surface area (Å²) >= 11 is 6.06. The maximum atomic E-state index is 14.0. The fraction of sp³-hybridized carbons (Fsp3) is 0.350. The Balaban J connectivity index is 1.69. The molecular formula is C20H19ClF4N2O. The first-order valence-corrected chi connectivity index (χ1v) is 9.26. The molecule has 1 fully saturated rings. The van der Waals surface area contributed by atoms with Crippen LogP contribution < -0.4 is 5.32 Å². The van der Waals surface area contributed by atoms with Crippen LogP contribution in [-0.4, -0.2) is 23.9 Å². The molecule has 1 N–H and O–H groups in total. The van der Waals surface area contributed by atoms with Crippen LogP contribution in [0.2, 0.25) is 5.02 Å². The van der Waals surface area contributed by atoms with Crippen molar-refractivity contribution < 1.29 is 22.4 Å². The molecule has 0 bridgehead atoms. The minimum absolute atomic E-state index is 0.244. The number of rotatable bonds is 4. The number of carbonyl (C=O) groups is 1. The van der Waals surface area contributed by atoms with E-state index in [1.54, 1.807) is 6.07 Å². The molecule has 1 heterocycles. The van der Waals surface area contributed by atoms with Gasteiger partial charge in [0.2, 0.25) is 5.91 Å². The average molecular weight is 415 g/mol. The standard InChI is InChI=1S/C20H19ClF4N2O/c21-16-7-3-8-17(22)14(16)12-27-10-4-5-13(11-27)19(28)26-18-9-2-1-6-15(18)20(23,24)25/h1-3,6-9,13H,4-5,10-12H2,(H,26,28). The molecule has 0 aliphatic carbocycles. The van der Waals surface area contributed by atoms with Gasteiger partial charge in [0.15, 0.2) is 0 Å². The van der Waals surface area contributed by atoms with Gasteiger partial charge in [0.25, 0.3) is 0 Å². The third-order valence-electron chi connectivity index (χ3n) is 4.81. The predicted molar refractivity (Wildman–Crippen MR) is 99.5 cm³/mol. The Hall–Kier alpha value is -2.12. The third-order valence-corrected chi connectivity index (χ3v) is 5.16. The van der Waals surface area contributed by atoms with Crippen molar-refractivity contribution in [2.75, 3.05) is 18.4 Å². The molecule has 2 aromatic carbocycles. The maximum absolute atomic E-state index is 14.0. The zero-order valence-electron chi connectivity index (χ0n) is 14.9.